The molecule has 0 spiro atoms. The highest BCUT2D eigenvalue weighted by atomic mass is 15.0. The van der Waals surface area contributed by atoms with Crippen molar-refractivity contribution in [3.63, 3.8) is 0 Å². The van der Waals surface area contributed by atoms with E-state index >= 15 is 0 Å². The van der Waals surface area contributed by atoms with Crippen molar-refractivity contribution in [2.24, 2.45) is 0 Å². The van der Waals surface area contributed by atoms with E-state index in [1.165, 1.54) is 43.5 Å². The molecular formula is C25H18N2. The van der Waals surface area contributed by atoms with E-state index in [1.54, 1.807) is 0 Å². The Bertz CT molecular complexity index is 1510. The molecule has 0 saturated carbocycles. The average molecular weight is 346 g/mol. The van der Waals surface area contributed by atoms with Crippen molar-refractivity contribution in [1.29, 1.82) is 0 Å². The number of para-hydroxylation sites is 2. The maximum atomic E-state index is 5.02. The monoisotopic (exact) mass is 346 g/mol. The quantitative estimate of drug-likeness (QED) is 0.310. The van der Waals surface area contributed by atoms with E-state index < -0.39 is 0 Å². The summed E-state index contributed by atoms with van der Waals surface area (Å²) in [5, 5.41) is 6.36. The van der Waals surface area contributed by atoms with Gasteiger partial charge in [-0.1, -0.05) is 61.5 Å². The summed E-state index contributed by atoms with van der Waals surface area (Å²) in [6.45, 7) is 2.21. The van der Waals surface area contributed by atoms with Crippen molar-refractivity contribution < 1.29 is 0 Å². The van der Waals surface area contributed by atoms with Crippen LogP contribution in [0.4, 0.5) is 0 Å². The zero-order chi connectivity index (χ0) is 18.0. The molecule has 0 radical (unpaired) electrons. The molecule has 0 amide bonds. The highest BCUT2D eigenvalue weighted by Gasteiger charge is 2.15. The van der Waals surface area contributed by atoms with Crippen LogP contribution in [0.2, 0.25) is 0 Å². The molecule has 2 nitrogen and oxygen atoms in total. The first-order valence-electron chi connectivity index (χ1n) is 9.48. The number of rotatable bonds is 1. The number of fused-ring (bicyclic) bond motifs is 10. The molecule has 2 heteroatoms. The molecule has 6 rings (SSSR count). The molecule has 0 saturated heterocycles. The SMILES string of the molecule is CCc1ccc2c3c4ccccc4ccc3c3nc4ccccc4n3c2c1. The van der Waals surface area contributed by atoms with E-state index in [0.29, 0.717) is 0 Å². The Labute approximate surface area is 156 Å². The number of aromatic nitrogens is 2. The largest absolute Gasteiger partial charge is 0.292 e. The second-order valence-corrected chi connectivity index (χ2v) is 7.17. The van der Waals surface area contributed by atoms with Crippen LogP contribution in [0, 0.1) is 0 Å². The van der Waals surface area contributed by atoms with Gasteiger partial charge in [0.25, 0.3) is 0 Å². The van der Waals surface area contributed by atoms with Crippen LogP contribution in [-0.2, 0) is 6.42 Å². The number of benzene rings is 4. The van der Waals surface area contributed by atoms with Crippen LogP contribution in [0.1, 0.15) is 12.5 Å². The first-order valence-corrected chi connectivity index (χ1v) is 9.48. The fourth-order valence-corrected chi connectivity index (χ4v) is 4.39. The lowest BCUT2D eigenvalue weighted by atomic mass is 9.98. The van der Waals surface area contributed by atoms with Gasteiger partial charge in [-0.15, -0.1) is 0 Å². The zero-order valence-electron chi connectivity index (χ0n) is 15.1. The van der Waals surface area contributed by atoms with E-state index in [4.69, 9.17) is 4.98 Å². The van der Waals surface area contributed by atoms with Crippen molar-refractivity contribution in [3.05, 3.63) is 84.4 Å². The predicted molar refractivity (Wildman–Crippen MR) is 115 cm³/mol. The highest BCUT2D eigenvalue weighted by Crippen LogP contribution is 2.36. The number of imidazole rings is 1. The molecule has 4 aromatic carbocycles. The number of hydrogen-bond donors (Lipinski definition) is 0. The van der Waals surface area contributed by atoms with Gasteiger partial charge in [0.2, 0.25) is 0 Å². The van der Waals surface area contributed by atoms with Crippen molar-refractivity contribution >= 4 is 49.1 Å². The number of pyridine rings is 1. The van der Waals surface area contributed by atoms with Gasteiger partial charge in [0, 0.05) is 16.2 Å². The van der Waals surface area contributed by atoms with Crippen molar-refractivity contribution in [2.75, 3.05) is 0 Å². The van der Waals surface area contributed by atoms with Crippen LogP contribution in [0.15, 0.2) is 78.9 Å². The molecular weight excluding hydrogens is 328 g/mol. The van der Waals surface area contributed by atoms with Crippen LogP contribution >= 0.6 is 0 Å². The fraction of sp³-hybridized carbons (Fsp3) is 0.0800. The fourth-order valence-electron chi connectivity index (χ4n) is 4.39. The summed E-state index contributed by atoms with van der Waals surface area (Å²) in [7, 11) is 0. The van der Waals surface area contributed by atoms with Crippen LogP contribution in [0.3, 0.4) is 0 Å². The average Bonchev–Trinajstić information content (AvgIpc) is 3.13. The third-order valence-corrected chi connectivity index (χ3v) is 5.71. The predicted octanol–water partition coefficient (Wildman–Crippen LogP) is 6.51. The second-order valence-electron chi connectivity index (χ2n) is 7.17. The smallest absolute Gasteiger partial charge is 0.146 e. The van der Waals surface area contributed by atoms with E-state index in [2.05, 4.69) is 90.2 Å². The van der Waals surface area contributed by atoms with Crippen LogP contribution in [0.5, 0.6) is 0 Å². The van der Waals surface area contributed by atoms with Gasteiger partial charge < -0.3 is 0 Å². The van der Waals surface area contributed by atoms with E-state index in [1.807, 2.05) is 0 Å². The Morgan fingerprint density at radius 2 is 1.56 bits per heavy atom. The topological polar surface area (TPSA) is 17.3 Å². The van der Waals surface area contributed by atoms with Crippen molar-refractivity contribution in [1.82, 2.24) is 9.38 Å². The second kappa shape index (κ2) is 5.31. The summed E-state index contributed by atoms with van der Waals surface area (Å²) in [6.07, 6.45) is 1.03. The molecule has 0 unspecified atom stereocenters. The molecule has 0 aliphatic carbocycles. The van der Waals surface area contributed by atoms with Gasteiger partial charge in [-0.25, -0.2) is 4.98 Å². The minimum absolute atomic E-state index is 1.03. The van der Waals surface area contributed by atoms with Crippen LogP contribution in [0.25, 0.3) is 49.1 Å². The third-order valence-electron chi connectivity index (χ3n) is 5.71. The Hall–Kier alpha value is -3.39. The summed E-state index contributed by atoms with van der Waals surface area (Å²) in [5.41, 5.74) is 5.84. The summed E-state index contributed by atoms with van der Waals surface area (Å²) < 4.78 is 2.33. The van der Waals surface area contributed by atoms with E-state index in [-0.39, 0.29) is 0 Å². The first-order chi connectivity index (χ1) is 13.3. The molecule has 0 aliphatic heterocycles. The van der Waals surface area contributed by atoms with Gasteiger partial charge in [-0.3, -0.25) is 4.40 Å². The van der Waals surface area contributed by atoms with Gasteiger partial charge in [0.1, 0.15) is 5.65 Å². The third kappa shape index (κ3) is 1.93. The van der Waals surface area contributed by atoms with Gasteiger partial charge in [-0.2, -0.15) is 0 Å². The molecule has 2 aromatic heterocycles. The number of nitrogens with zero attached hydrogens (tertiary/aromatic N) is 2. The Morgan fingerprint density at radius 1 is 0.741 bits per heavy atom. The normalized spacial score (nSPS) is 12.0. The summed E-state index contributed by atoms with van der Waals surface area (Å²) >= 11 is 0. The van der Waals surface area contributed by atoms with Crippen LogP contribution in [-0.4, -0.2) is 9.38 Å². The Morgan fingerprint density at radius 3 is 2.48 bits per heavy atom. The zero-order valence-corrected chi connectivity index (χ0v) is 15.1. The number of hydrogen-bond acceptors (Lipinski definition) is 1. The maximum absolute atomic E-state index is 5.02. The molecule has 27 heavy (non-hydrogen) atoms. The molecule has 128 valence electrons. The first kappa shape index (κ1) is 14.7. The molecule has 0 bridgehead atoms. The van der Waals surface area contributed by atoms with Crippen molar-refractivity contribution in [3.8, 4) is 0 Å². The summed E-state index contributed by atoms with van der Waals surface area (Å²) in [5.74, 6) is 0. The van der Waals surface area contributed by atoms with Crippen molar-refractivity contribution in [2.45, 2.75) is 13.3 Å². The van der Waals surface area contributed by atoms with Gasteiger partial charge in [-0.05, 0) is 47.0 Å². The molecule has 0 fully saturated rings. The van der Waals surface area contributed by atoms with E-state index in [0.717, 1.165) is 17.6 Å². The summed E-state index contributed by atoms with van der Waals surface area (Å²) in [6, 6.07) is 28.4. The Balaban J connectivity index is 2.01. The summed E-state index contributed by atoms with van der Waals surface area (Å²) in [4.78, 5) is 5.02. The molecule has 0 atom stereocenters. The molecule has 2 heterocycles. The lowest BCUT2D eigenvalue weighted by Crippen LogP contribution is -1.93. The maximum Gasteiger partial charge on any atom is 0.146 e. The van der Waals surface area contributed by atoms with Gasteiger partial charge in [0.15, 0.2) is 0 Å². The Kier molecular flexibility index (Phi) is 2.90. The lowest BCUT2D eigenvalue weighted by Gasteiger charge is -2.12. The van der Waals surface area contributed by atoms with E-state index in [9.17, 15) is 0 Å². The highest BCUT2D eigenvalue weighted by molar-refractivity contribution is 6.23. The molecule has 0 N–H and O–H groups in total. The van der Waals surface area contributed by atoms with Gasteiger partial charge >= 0.3 is 0 Å². The minimum atomic E-state index is 1.03. The van der Waals surface area contributed by atoms with Gasteiger partial charge in [0.05, 0.1) is 16.6 Å². The molecule has 6 aromatic rings. The standard InChI is InChI=1S/C25H18N2/c1-2-16-11-13-19-23(15-16)27-22-10-6-5-9-21(22)26-25(27)20-14-12-17-7-3-4-8-18(17)24(19)20/h3-15H,2H2,1H3. The minimum Gasteiger partial charge on any atom is -0.292 e. The van der Waals surface area contributed by atoms with Crippen LogP contribution < -0.4 is 0 Å². The lowest BCUT2D eigenvalue weighted by molar-refractivity contribution is 1.14. The molecule has 0 aliphatic rings. The number of aryl methyl sites for hydroxylation is 1.